The van der Waals surface area contributed by atoms with Gasteiger partial charge in [-0.15, -0.1) is 12.4 Å². The number of benzene rings is 1. The molecule has 0 amide bonds. The van der Waals surface area contributed by atoms with E-state index in [0.717, 1.165) is 12.6 Å². The van der Waals surface area contributed by atoms with E-state index in [1.54, 1.807) is 6.07 Å². The van der Waals surface area contributed by atoms with Crippen LogP contribution in [0.15, 0.2) is 18.2 Å². The van der Waals surface area contributed by atoms with Gasteiger partial charge in [0, 0.05) is 13.1 Å². The average Bonchev–Trinajstić information content (AvgIpc) is 2.23. The van der Waals surface area contributed by atoms with E-state index >= 15 is 0 Å². The fourth-order valence-electron chi connectivity index (χ4n) is 1.49. The van der Waals surface area contributed by atoms with E-state index in [0.29, 0.717) is 18.7 Å². The third-order valence-electron chi connectivity index (χ3n) is 2.24. The number of hydrogen-bond donors (Lipinski definition) is 1. The highest BCUT2D eigenvalue weighted by Gasteiger charge is 2.16. The highest BCUT2D eigenvalue weighted by molar-refractivity contribution is 5.85. The second-order valence-corrected chi connectivity index (χ2v) is 3.24. The predicted molar refractivity (Wildman–Crippen MR) is 55.2 cm³/mol. The van der Waals surface area contributed by atoms with Crippen molar-refractivity contribution in [2.45, 2.75) is 6.10 Å². The first-order valence-electron chi connectivity index (χ1n) is 4.54. The maximum Gasteiger partial charge on any atom is 0.159 e. The number of hydrogen-bond acceptors (Lipinski definition) is 2. The Morgan fingerprint density at radius 3 is 2.67 bits per heavy atom. The predicted octanol–water partition coefficient (Wildman–Crippen LogP) is 2.05. The summed E-state index contributed by atoms with van der Waals surface area (Å²) in [5.74, 6) is -1.64. The van der Waals surface area contributed by atoms with Gasteiger partial charge in [-0.2, -0.15) is 0 Å². The molecule has 0 bridgehead atoms. The van der Waals surface area contributed by atoms with Crippen LogP contribution in [0, 0.1) is 11.6 Å². The lowest BCUT2D eigenvalue weighted by Gasteiger charge is -2.23. The summed E-state index contributed by atoms with van der Waals surface area (Å²) in [4.78, 5) is 0. The maximum absolute atomic E-state index is 12.9. The molecule has 1 N–H and O–H groups in total. The van der Waals surface area contributed by atoms with E-state index in [-0.39, 0.29) is 18.5 Å². The van der Waals surface area contributed by atoms with Gasteiger partial charge in [-0.25, -0.2) is 8.78 Å². The summed E-state index contributed by atoms with van der Waals surface area (Å²) in [6.45, 7) is 2.05. The van der Waals surface area contributed by atoms with Crippen molar-refractivity contribution in [3.8, 4) is 0 Å². The van der Waals surface area contributed by atoms with Crippen LogP contribution in [0.5, 0.6) is 0 Å². The van der Waals surface area contributed by atoms with E-state index in [1.807, 2.05) is 0 Å². The van der Waals surface area contributed by atoms with Crippen LogP contribution in [0.4, 0.5) is 8.78 Å². The number of halogens is 3. The molecule has 1 saturated heterocycles. The smallest absolute Gasteiger partial charge is 0.159 e. The van der Waals surface area contributed by atoms with Crippen LogP contribution in [0.3, 0.4) is 0 Å². The van der Waals surface area contributed by atoms with Crippen molar-refractivity contribution in [2.75, 3.05) is 19.7 Å². The molecule has 0 unspecified atom stereocenters. The summed E-state index contributed by atoms with van der Waals surface area (Å²) in [5.41, 5.74) is 0.677. The van der Waals surface area contributed by atoms with Crippen LogP contribution in [0.25, 0.3) is 0 Å². The Kier molecular flexibility index (Phi) is 4.45. The van der Waals surface area contributed by atoms with E-state index in [9.17, 15) is 8.78 Å². The van der Waals surface area contributed by atoms with E-state index in [2.05, 4.69) is 5.32 Å². The van der Waals surface area contributed by atoms with Crippen LogP contribution in [-0.2, 0) is 4.74 Å². The summed E-state index contributed by atoms with van der Waals surface area (Å²) >= 11 is 0. The molecule has 1 fully saturated rings. The van der Waals surface area contributed by atoms with Gasteiger partial charge in [0.25, 0.3) is 0 Å². The summed E-state index contributed by atoms with van der Waals surface area (Å²) in [7, 11) is 0. The fraction of sp³-hybridized carbons (Fsp3) is 0.400. The number of rotatable bonds is 1. The zero-order chi connectivity index (χ0) is 9.97. The Hall–Kier alpha value is -0.710. The Morgan fingerprint density at radius 1 is 1.27 bits per heavy atom. The quantitative estimate of drug-likeness (QED) is 0.805. The normalized spacial score (nSPS) is 20.8. The number of nitrogens with one attached hydrogen (secondary N) is 1. The lowest BCUT2D eigenvalue weighted by Crippen LogP contribution is -2.33. The molecule has 1 aromatic rings. The molecular weight excluding hydrogens is 224 g/mol. The summed E-state index contributed by atoms with van der Waals surface area (Å²) in [6, 6.07) is 3.87. The highest BCUT2D eigenvalue weighted by Crippen LogP contribution is 2.20. The number of ether oxygens (including phenoxy) is 1. The highest BCUT2D eigenvalue weighted by atomic mass is 35.5. The molecule has 1 aromatic carbocycles. The minimum Gasteiger partial charge on any atom is -0.371 e. The molecule has 0 radical (unpaired) electrons. The fourth-order valence-corrected chi connectivity index (χ4v) is 1.49. The van der Waals surface area contributed by atoms with Gasteiger partial charge in [0.2, 0.25) is 0 Å². The maximum atomic E-state index is 12.9. The second-order valence-electron chi connectivity index (χ2n) is 3.24. The van der Waals surface area contributed by atoms with Gasteiger partial charge >= 0.3 is 0 Å². The average molecular weight is 236 g/mol. The number of morpholine rings is 1. The van der Waals surface area contributed by atoms with Crippen molar-refractivity contribution in [1.82, 2.24) is 5.32 Å². The van der Waals surface area contributed by atoms with Crippen LogP contribution in [0.2, 0.25) is 0 Å². The van der Waals surface area contributed by atoms with Gasteiger partial charge < -0.3 is 10.1 Å². The Morgan fingerprint density at radius 2 is 2.07 bits per heavy atom. The topological polar surface area (TPSA) is 21.3 Å². The van der Waals surface area contributed by atoms with Gasteiger partial charge in [-0.05, 0) is 17.7 Å². The monoisotopic (exact) mass is 235 g/mol. The summed E-state index contributed by atoms with van der Waals surface area (Å²) in [5, 5.41) is 3.13. The third kappa shape index (κ3) is 2.87. The molecule has 1 aliphatic rings. The minimum absolute atomic E-state index is 0. The molecular formula is C10H12ClF2NO. The largest absolute Gasteiger partial charge is 0.371 e. The minimum atomic E-state index is -0.823. The van der Waals surface area contributed by atoms with Gasteiger partial charge in [-0.3, -0.25) is 0 Å². The van der Waals surface area contributed by atoms with E-state index < -0.39 is 11.6 Å². The summed E-state index contributed by atoms with van der Waals surface area (Å²) < 4.78 is 30.9. The van der Waals surface area contributed by atoms with Crippen molar-refractivity contribution in [2.24, 2.45) is 0 Å². The zero-order valence-electron chi connectivity index (χ0n) is 8.00. The standard InChI is InChI=1S/C10H11F2NO.ClH/c11-8-2-1-7(5-9(8)12)10-6-13-3-4-14-10;/h1-2,5,10,13H,3-4,6H2;1H/t10-;/m1./s1. The van der Waals surface area contributed by atoms with Crippen LogP contribution in [-0.4, -0.2) is 19.7 Å². The van der Waals surface area contributed by atoms with Gasteiger partial charge in [0.15, 0.2) is 11.6 Å². The first-order valence-corrected chi connectivity index (χ1v) is 4.54. The molecule has 0 aliphatic carbocycles. The Bertz CT molecular complexity index is 329. The molecule has 0 saturated carbocycles. The first-order chi connectivity index (χ1) is 6.77. The van der Waals surface area contributed by atoms with E-state index in [1.165, 1.54) is 6.07 Å². The Labute approximate surface area is 93.0 Å². The van der Waals surface area contributed by atoms with Gasteiger partial charge in [-0.1, -0.05) is 6.07 Å². The summed E-state index contributed by atoms with van der Waals surface area (Å²) in [6.07, 6.45) is -0.168. The molecule has 0 spiro atoms. The van der Waals surface area contributed by atoms with Crippen LogP contribution in [0.1, 0.15) is 11.7 Å². The van der Waals surface area contributed by atoms with E-state index in [4.69, 9.17) is 4.74 Å². The van der Waals surface area contributed by atoms with Crippen molar-refractivity contribution in [3.63, 3.8) is 0 Å². The second kappa shape index (κ2) is 5.39. The zero-order valence-corrected chi connectivity index (χ0v) is 8.82. The molecule has 2 rings (SSSR count). The first kappa shape index (κ1) is 12.4. The van der Waals surface area contributed by atoms with Crippen LogP contribution < -0.4 is 5.32 Å². The molecule has 5 heteroatoms. The SMILES string of the molecule is Cl.Fc1ccc([C@H]2CNCCO2)cc1F. The van der Waals surface area contributed by atoms with Crippen molar-refractivity contribution in [3.05, 3.63) is 35.4 Å². The lowest BCUT2D eigenvalue weighted by atomic mass is 10.1. The Balaban J connectivity index is 0.00000112. The molecule has 1 heterocycles. The third-order valence-corrected chi connectivity index (χ3v) is 2.24. The molecule has 1 aliphatic heterocycles. The molecule has 84 valence electrons. The van der Waals surface area contributed by atoms with Crippen molar-refractivity contribution >= 4 is 12.4 Å². The lowest BCUT2D eigenvalue weighted by molar-refractivity contribution is 0.0274. The van der Waals surface area contributed by atoms with Crippen LogP contribution >= 0.6 is 12.4 Å². The molecule has 2 nitrogen and oxygen atoms in total. The van der Waals surface area contributed by atoms with Gasteiger partial charge in [0.05, 0.1) is 12.7 Å². The molecule has 1 atom stereocenters. The molecule has 15 heavy (non-hydrogen) atoms. The van der Waals surface area contributed by atoms with Crippen molar-refractivity contribution < 1.29 is 13.5 Å². The molecule has 0 aromatic heterocycles. The van der Waals surface area contributed by atoms with Gasteiger partial charge in [0.1, 0.15) is 0 Å². The van der Waals surface area contributed by atoms with Crippen molar-refractivity contribution in [1.29, 1.82) is 0 Å².